The molecule has 2 heterocycles. The molecule has 1 fully saturated rings. The maximum atomic E-state index is 13.2. The van der Waals surface area contributed by atoms with Crippen molar-refractivity contribution >= 4 is 16.8 Å². The zero-order chi connectivity index (χ0) is 17.5. The van der Waals surface area contributed by atoms with Crippen molar-refractivity contribution in [2.75, 3.05) is 13.2 Å². The Morgan fingerprint density at radius 1 is 1.38 bits per heavy atom. The van der Waals surface area contributed by atoms with Crippen LogP contribution in [0.25, 0.3) is 10.9 Å². The third-order valence-corrected chi connectivity index (χ3v) is 5.14. The molecule has 1 aromatic carbocycles. The van der Waals surface area contributed by atoms with Crippen molar-refractivity contribution in [3.05, 3.63) is 35.0 Å². The quantitative estimate of drug-likeness (QED) is 0.917. The highest BCUT2D eigenvalue weighted by Gasteiger charge is 2.34. The summed E-state index contributed by atoms with van der Waals surface area (Å²) in [5.74, 6) is 0.103. The summed E-state index contributed by atoms with van der Waals surface area (Å²) < 4.78 is 5.81. The van der Waals surface area contributed by atoms with Crippen molar-refractivity contribution in [2.24, 2.45) is 0 Å². The van der Waals surface area contributed by atoms with E-state index in [0.717, 1.165) is 35.0 Å². The van der Waals surface area contributed by atoms with Gasteiger partial charge in [-0.05, 0) is 65.2 Å². The number of hydrogen-bond acceptors (Lipinski definition) is 2. The SMILES string of the molecule is CCN(C(=O)c1[nH]c2ccc(C)cc2c1C)C1CCOC(C)(C)C1. The highest BCUT2D eigenvalue weighted by molar-refractivity contribution is 6.01. The average molecular weight is 328 g/mol. The van der Waals surface area contributed by atoms with Gasteiger partial charge in [-0.15, -0.1) is 0 Å². The summed E-state index contributed by atoms with van der Waals surface area (Å²) in [6, 6.07) is 6.51. The number of nitrogens with zero attached hydrogens (tertiary/aromatic N) is 1. The van der Waals surface area contributed by atoms with Crippen molar-refractivity contribution in [3.63, 3.8) is 0 Å². The topological polar surface area (TPSA) is 45.3 Å². The Kier molecular flexibility index (Phi) is 4.43. The molecular weight excluding hydrogens is 300 g/mol. The maximum Gasteiger partial charge on any atom is 0.270 e. The molecule has 4 nitrogen and oxygen atoms in total. The molecule has 1 unspecified atom stereocenters. The van der Waals surface area contributed by atoms with Crippen LogP contribution in [0.4, 0.5) is 0 Å². The molecule has 1 aromatic heterocycles. The Labute approximate surface area is 144 Å². The minimum Gasteiger partial charge on any atom is -0.375 e. The number of nitrogens with one attached hydrogen (secondary N) is 1. The number of carbonyl (C=O) groups is 1. The van der Waals surface area contributed by atoms with Gasteiger partial charge in [-0.3, -0.25) is 4.79 Å². The Morgan fingerprint density at radius 2 is 2.12 bits per heavy atom. The molecule has 130 valence electrons. The van der Waals surface area contributed by atoms with Crippen LogP contribution in [0, 0.1) is 13.8 Å². The van der Waals surface area contributed by atoms with Crippen LogP contribution in [0.5, 0.6) is 0 Å². The molecule has 1 amide bonds. The minimum atomic E-state index is -0.163. The van der Waals surface area contributed by atoms with Crippen LogP contribution in [0.2, 0.25) is 0 Å². The van der Waals surface area contributed by atoms with Gasteiger partial charge in [0.15, 0.2) is 0 Å². The van der Waals surface area contributed by atoms with Crippen LogP contribution in [0.1, 0.15) is 55.2 Å². The molecule has 0 saturated carbocycles. The lowest BCUT2D eigenvalue weighted by Gasteiger charge is -2.41. The van der Waals surface area contributed by atoms with E-state index in [2.05, 4.69) is 50.9 Å². The van der Waals surface area contributed by atoms with Gasteiger partial charge in [0, 0.05) is 30.1 Å². The molecule has 1 atom stereocenters. The number of aryl methyl sites for hydroxylation is 2. The van der Waals surface area contributed by atoms with E-state index in [0.29, 0.717) is 13.2 Å². The fourth-order valence-corrected chi connectivity index (χ4v) is 3.83. The molecule has 0 radical (unpaired) electrons. The molecule has 24 heavy (non-hydrogen) atoms. The van der Waals surface area contributed by atoms with Crippen molar-refractivity contribution in [3.8, 4) is 0 Å². The molecule has 2 aromatic rings. The minimum absolute atomic E-state index is 0.103. The standard InChI is InChI=1S/C20H28N2O2/c1-6-22(15-9-10-24-20(4,5)12-15)19(23)18-14(3)16-11-13(2)7-8-17(16)21-18/h7-8,11,15,21H,6,9-10,12H2,1-5H3. The predicted octanol–water partition coefficient (Wildman–Crippen LogP) is 4.20. The zero-order valence-electron chi connectivity index (χ0n) is 15.4. The van der Waals surface area contributed by atoms with Crippen LogP contribution >= 0.6 is 0 Å². The fourth-order valence-electron chi connectivity index (χ4n) is 3.83. The first kappa shape index (κ1) is 17.0. The molecule has 1 aliphatic rings. The molecular formula is C20H28N2O2. The van der Waals surface area contributed by atoms with Crippen LogP contribution in [-0.4, -0.2) is 40.6 Å². The number of carbonyl (C=O) groups excluding carboxylic acids is 1. The van der Waals surface area contributed by atoms with E-state index in [1.165, 1.54) is 5.56 Å². The van der Waals surface area contributed by atoms with E-state index in [-0.39, 0.29) is 17.6 Å². The molecule has 0 aliphatic carbocycles. The fraction of sp³-hybridized carbons (Fsp3) is 0.550. The smallest absolute Gasteiger partial charge is 0.270 e. The number of ether oxygens (including phenoxy) is 1. The van der Waals surface area contributed by atoms with Crippen molar-refractivity contribution in [1.29, 1.82) is 0 Å². The Hall–Kier alpha value is -1.81. The van der Waals surface area contributed by atoms with Gasteiger partial charge in [0.1, 0.15) is 5.69 Å². The maximum absolute atomic E-state index is 13.2. The highest BCUT2D eigenvalue weighted by atomic mass is 16.5. The van der Waals surface area contributed by atoms with E-state index in [4.69, 9.17) is 4.74 Å². The first-order valence-corrected chi connectivity index (χ1v) is 8.86. The number of H-pyrrole nitrogens is 1. The highest BCUT2D eigenvalue weighted by Crippen LogP contribution is 2.30. The van der Waals surface area contributed by atoms with Crippen molar-refractivity contribution in [2.45, 2.75) is 59.1 Å². The lowest BCUT2D eigenvalue weighted by Crippen LogP contribution is -2.48. The number of aromatic nitrogens is 1. The van der Waals surface area contributed by atoms with Crippen molar-refractivity contribution < 1.29 is 9.53 Å². The van der Waals surface area contributed by atoms with Gasteiger partial charge in [-0.2, -0.15) is 0 Å². The number of fused-ring (bicyclic) bond motifs is 1. The first-order chi connectivity index (χ1) is 11.3. The van der Waals surface area contributed by atoms with Crippen molar-refractivity contribution in [1.82, 2.24) is 9.88 Å². The third kappa shape index (κ3) is 3.07. The normalized spacial score (nSPS) is 20.3. The molecule has 0 bridgehead atoms. The van der Waals surface area contributed by atoms with Gasteiger partial charge >= 0.3 is 0 Å². The first-order valence-electron chi connectivity index (χ1n) is 8.86. The monoisotopic (exact) mass is 328 g/mol. The van der Waals surface area contributed by atoms with Gasteiger partial charge in [-0.1, -0.05) is 11.6 Å². The second kappa shape index (κ2) is 6.25. The van der Waals surface area contributed by atoms with Gasteiger partial charge in [0.2, 0.25) is 0 Å². The summed E-state index contributed by atoms with van der Waals surface area (Å²) in [7, 11) is 0. The van der Waals surface area contributed by atoms with Gasteiger partial charge < -0.3 is 14.6 Å². The van der Waals surface area contributed by atoms with Crippen LogP contribution in [-0.2, 0) is 4.74 Å². The number of hydrogen-bond donors (Lipinski definition) is 1. The summed E-state index contributed by atoms with van der Waals surface area (Å²) in [4.78, 5) is 18.6. The van der Waals surface area contributed by atoms with Crippen LogP contribution in [0.3, 0.4) is 0 Å². The summed E-state index contributed by atoms with van der Waals surface area (Å²) in [6.07, 6.45) is 1.78. The van der Waals surface area contributed by atoms with E-state index < -0.39 is 0 Å². The number of benzene rings is 1. The average Bonchev–Trinajstić information content (AvgIpc) is 2.84. The molecule has 3 rings (SSSR count). The van der Waals surface area contributed by atoms with Gasteiger partial charge in [0.05, 0.1) is 5.60 Å². The lowest BCUT2D eigenvalue weighted by atomic mass is 9.92. The Morgan fingerprint density at radius 3 is 2.79 bits per heavy atom. The number of amides is 1. The second-order valence-corrected chi connectivity index (χ2v) is 7.52. The third-order valence-electron chi connectivity index (χ3n) is 5.14. The Balaban J connectivity index is 1.93. The summed E-state index contributed by atoms with van der Waals surface area (Å²) in [5.41, 5.74) is 3.85. The number of rotatable bonds is 3. The molecule has 0 spiro atoms. The molecule has 1 N–H and O–H groups in total. The number of aromatic amines is 1. The van der Waals surface area contributed by atoms with E-state index >= 15 is 0 Å². The summed E-state index contributed by atoms with van der Waals surface area (Å²) in [6.45, 7) is 11.8. The summed E-state index contributed by atoms with van der Waals surface area (Å²) in [5, 5.41) is 1.14. The zero-order valence-corrected chi connectivity index (χ0v) is 15.4. The Bertz CT molecular complexity index is 760. The summed E-state index contributed by atoms with van der Waals surface area (Å²) >= 11 is 0. The van der Waals surface area contributed by atoms with E-state index in [9.17, 15) is 4.79 Å². The second-order valence-electron chi connectivity index (χ2n) is 7.52. The van der Waals surface area contributed by atoms with E-state index in [1.807, 2.05) is 11.8 Å². The van der Waals surface area contributed by atoms with Gasteiger partial charge in [0.25, 0.3) is 5.91 Å². The van der Waals surface area contributed by atoms with Crippen LogP contribution in [0.15, 0.2) is 18.2 Å². The predicted molar refractivity (Wildman–Crippen MR) is 97.5 cm³/mol. The molecule has 4 heteroatoms. The van der Waals surface area contributed by atoms with Gasteiger partial charge in [-0.25, -0.2) is 0 Å². The lowest BCUT2D eigenvalue weighted by molar-refractivity contribution is -0.0777. The largest absolute Gasteiger partial charge is 0.375 e. The molecule has 1 aliphatic heterocycles. The molecule has 1 saturated heterocycles. The van der Waals surface area contributed by atoms with Crippen LogP contribution < -0.4 is 0 Å². The van der Waals surface area contributed by atoms with E-state index in [1.54, 1.807) is 0 Å².